The Morgan fingerprint density at radius 2 is 1.61 bits per heavy atom. The maximum absolute atomic E-state index is 14.9. The van der Waals surface area contributed by atoms with Crippen LogP contribution in [0.3, 0.4) is 0 Å². The van der Waals surface area contributed by atoms with Crippen molar-refractivity contribution in [1.82, 2.24) is 29.1 Å². The number of piperazine rings is 1. The first-order valence-electron chi connectivity index (χ1n) is 19.2. The molecule has 8 rings (SSSR count). The number of para-hydroxylation sites is 1. The van der Waals surface area contributed by atoms with Gasteiger partial charge in [0.05, 0.1) is 23.5 Å². The third kappa shape index (κ3) is 7.16. The second-order valence-corrected chi connectivity index (χ2v) is 16.4. The molecule has 1 aliphatic carbocycles. The SMILES string of the molecule is C=CCN1CC(=O)N2[C@@H](Cc3ccc(ON)cc3)C(=O)N(Cc3cccc4c5c(n(S(=O)(=O)c6ccccc6)c34)CCCC5)C[C@@H]2N1C(=O)NCc1ccccc1. The molecule has 294 valence electrons. The first kappa shape index (κ1) is 37.9. The molecule has 0 bridgehead atoms. The minimum absolute atomic E-state index is 0.0182. The van der Waals surface area contributed by atoms with E-state index in [1.807, 2.05) is 48.5 Å². The van der Waals surface area contributed by atoms with Crippen LogP contribution in [0.5, 0.6) is 5.75 Å². The number of hydrogen-bond donors (Lipinski definition) is 2. The number of fused-ring (bicyclic) bond motifs is 4. The Balaban J connectivity index is 1.22. The summed E-state index contributed by atoms with van der Waals surface area (Å²) in [6.45, 7) is 4.23. The molecule has 4 amide bonds. The predicted octanol–water partition coefficient (Wildman–Crippen LogP) is 4.75. The molecule has 2 fully saturated rings. The molecule has 0 unspecified atom stereocenters. The summed E-state index contributed by atoms with van der Waals surface area (Å²) in [5, 5.41) is 7.06. The van der Waals surface area contributed by atoms with Crippen LogP contribution < -0.4 is 16.1 Å². The Morgan fingerprint density at radius 1 is 0.895 bits per heavy atom. The van der Waals surface area contributed by atoms with E-state index in [0.29, 0.717) is 23.3 Å². The number of urea groups is 1. The molecule has 2 aliphatic heterocycles. The zero-order valence-electron chi connectivity index (χ0n) is 31.5. The molecule has 13 nitrogen and oxygen atoms in total. The Hall–Kier alpha value is -5.96. The number of hydrazine groups is 1. The molecule has 14 heteroatoms. The predicted molar refractivity (Wildman–Crippen MR) is 215 cm³/mol. The van der Waals surface area contributed by atoms with Crippen LogP contribution in [0.4, 0.5) is 4.79 Å². The Morgan fingerprint density at radius 3 is 2.33 bits per heavy atom. The maximum Gasteiger partial charge on any atom is 0.334 e. The number of rotatable bonds is 11. The van der Waals surface area contributed by atoms with Crippen LogP contribution in [0.25, 0.3) is 10.9 Å². The Bertz CT molecular complexity index is 2420. The highest BCUT2D eigenvalue weighted by Gasteiger charge is 2.51. The lowest BCUT2D eigenvalue weighted by Gasteiger charge is -2.55. The second-order valence-electron chi connectivity index (χ2n) is 14.6. The van der Waals surface area contributed by atoms with Crippen molar-refractivity contribution in [1.29, 1.82) is 0 Å². The Kier molecular flexibility index (Phi) is 10.6. The summed E-state index contributed by atoms with van der Waals surface area (Å²) < 4.78 is 30.6. The number of carbonyl (C=O) groups is 3. The summed E-state index contributed by atoms with van der Waals surface area (Å²) in [6, 6.07) is 29.2. The topological polar surface area (TPSA) is 151 Å². The van der Waals surface area contributed by atoms with Gasteiger partial charge in [-0.05, 0) is 72.2 Å². The average Bonchev–Trinajstić information content (AvgIpc) is 3.59. The molecule has 0 radical (unpaired) electrons. The van der Waals surface area contributed by atoms with Crippen molar-refractivity contribution in [2.75, 3.05) is 19.6 Å². The van der Waals surface area contributed by atoms with Crippen LogP contribution >= 0.6 is 0 Å². The molecule has 5 aromatic rings. The summed E-state index contributed by atoms with van der Waals surface area (Å²) in [5.74, 6) is 5.20. The van der Waals surface area contributed by atoms with E-state index in [9.17, 15) is 22.8 Å². The van der Waals surface area contributed by atoms with E-state index < -0.39 is 28.3 Å². The quantitative estimate of drug-likeness (QED) is 0.144. The lowest BCUT2D eigenvalue weighted by molar-refractivity contribution is -0.189. The molecule has 2 saturated heterocycles. The highest BCUT2D eigenvalue weighted by atomic mass is 32.2. The number of carbonyl (C=O) groups excluding carboxylic acids is 3. The summed E-state index contributed by atoms with van der Waals surface area (Å²) >= 11 is 0. The molecule has 3 heterocycles. The molecular formula is C43H45N7O6S. The van der Waals surface area contributed by atoms with Gasteiger partial charge < -0.3 is 20.0 Å². The highest BCUT2D eigenvalue weighted by molar-refractivity contribution is 7.90. The largest absolute Gasteiger partial charge is 0.412 e. The number of hydrogen-bond acceptors (Lipinski definition) is 8. The standard InChI is InChI=1S/C43H45N7O6S/c1-2-24-47-29-40(51)48-38(25-30-20-22-33(56-44)23-21-30)42(52)46(28-39(48)49(47)43(53)45-26-31-12-5-3-6-13-31)27-32-14-11-18-36-35-17-9-10-19-37(35)50(41(32)36)57(54,55)34-15-7-4-8-16-34/h2-8,11-16,18,20-23,38-39H,1,9-10,17,19,24-29,44H2,(H,45,53)/t38-,39-/m0/s1. The lowest BCUT2D eigenvalue weighted by atomic mass is 9.95. The first-order valence-corrected chi connectivity index (χ1v) is 20.6. The van der Waals surface area contributed by atoms with E-state index in [4.69, 9.17) is 10.7 Å². The molecule has 4 aromatic carbocycles. The first-order chi connectivity index (χ1) is 27.7. The minimum Gasteiger partial charge on any atom is -0.412 e. The number of nitrogens with zero attached hydrogens (tertiary/aromatic N) is 5. The molecule has 0 spiro atoms. The summed E-state index contributed by atoms with van der Waals surface area (Å²) in [4.78, 5) is 51.6. The van der Waals surface area contributed by atoms with Crippen molar-refractivity contribution in [2.24, 2.45) is 5.90 Å². The van der Waals surface area contributed by atoms with Crippen molar-refractivity contribution in [3.63, 3.8) is 0 Å². The average molecular weight is 788 g/mol. The van der Waals surface area contributed by atoms with Gasteiger partial charge >= 0.3 is 6.03 Å². The number of nitrogens with two attached hydrogens (primary N) is 1. The van der Waals surface area contributed by atoms with E-state index in [1.165, 1.54) is 13.9 Å². The van der Waals surface area contributed by atoms with Crippen LogP contribution in [-0.2, 0) is 52.0 Å². The zero-order valence-corrected chi connectivity index (χ0v) is 32.3. The maximum atomic E-state index is 14.9. The lowest BCUT2D eigenvalue weighted by Crippen LogP contribution is -2.76. The Labute approximate surface area is 331 Å². The van der Waals surface area contributed by atoms with Gasteiger partial charge in [-0.15, -0.1) is 6.58 Å². The van der Waals surface area contributed by atoms with Gasteiger partial charge in [-0.3, -0.25) is 9.59 Å². The fourth-order valence-electron chi connectivity index (χ4n) is 8.54. The fourth-order valence-corrected chi connectivity index (χ4v) is 10.2. The molecule has 3 N–H and O–H groups in total. The third-order valence-electron chi connectivity index (χ3n) is 11.1. The molecule has 0 saturated carbocycles. The molecule has 1 aromatic heterocycles. The van der Waals surface area contributed by atoms with E-state index in [2.05, 4.69) is 11.9 Å². The normalized spacial score (nSPS) is 18.6. The molecule has 2 atom stereocenters. The van der Waals surface area contributed by atoms with Crippen molar-refractivity contribution >= 4 is 38.8 Å². The highest BCUT2D eigenvalue weighted by Crippen LogP contribution is 2.38. The number of amides is 4. The van der Waals surface area contributed by atoms with Gasteiger partial charge in [-0.25, -0.2) is 27.2 Å². The van der Waals surface area contributed by atoms with Crippen LogP contribution in [-0.4, -0.2) is 81.9 Å². The second kappa shape index (κ2) is 15.9. The summed E-state index contributed by atoms with van der Waals surface area (Å²) in [7, 11) is -4.02. The van der Waals surface area contributed by atoms with Gasteiger partial charge in [-0.2, -0.15) is 5.90 Å². The van der Waals surface area contributed by atoms with Crippen LogP contribution in [0.15, 0.2) is 121 Å². The van der Waals surface area contributed by atoms with Crippen molar-refractivity contribution < 1.29 is 27.6 Å². The summed E-state index contributed by atoms with van der Waals surface area (Å²) in [6.07, 6.45) is 4.07. The van der Waals surface area contributed by atoms with Crippen molar-refractivity contribution in [3.05, 3.63) is 144 Å². The molecule has 3 aliphatic rings. The summed E-state index contributed by atoms with van der Waals surface area (Å²) in [5.41, 5.74) is 4.63. The van der Waals surface area contributed by atoms with E-state index in [1.54, 1.807) is 70.6 Å². The number of benzene rings is 4. The van der Waals surface area contributed by atoms with Crippen molar-refractivity contribution in [2.45, 2.75) is 62.3 Å². The van der Waals surface area contributed by atoms with Crippen LogP contribution in [0.1, 0.15) is 40.8 Å². The monoisotopic (exact) mass is 787 g/mol. The van der Waals surface area contributed by atoms with Crippen LogP contribution in [0.2, 0.25) is 0 Å². The van der Waals surface area contributed by atoms with E-state index in [-0.39, 0.29) is 55.9 Å². The van der Waals surface area contributed by atoms with Crippen LogP contribution in [0, 0.1) is 0 Å². The fraction of sp³-hybridized carbons (Fsp3) is 0.279. The van der Waals surface area contributed by atoms with Gasteiger partial charge in [0.15, 0.2) is 0 Å². The third-order valence-corrected chi connectivity index (χ3v) is 12.9. The number of aromatic nitrogens is 1. The number of aryl methyl sites for hydroxylation is 1. The van der Waals surface area contributed by atoms with Crippen molar-refractivity contribution in [3.8, 4) is 5.75 Å². The van der Waals surface area contributed by atoms with Gasteiger partial charge in [0, 0.05) is 37.1 Å². The zero-order chi connectivity index (χ0) is 39.7. The molecule has 57 heavy (non-hydrogen) atoms. The number of nitrogens with one attached hydrogen (secondary N) is 1. The van der Waals surface area contributed by atoms with Gasteiger partial charge in [0.25, 0.3) is 10.0 Å². The molecular weight excluding hydrogens is 743 g/mol. The smallest absolute Gasteiger partial charge is 0.334 e. The van der Waals surface area contributed by atoms with Gasteiger partial charge in [0.1, 0.15) is 18.0 Å². The van der Waals surface area contributed by atoms with E-state index >= 15 is 0 Å². The minimum atomic E-state index is -4.02. The van der Waals surface area contributed by atoms with Gasteiger partial charge in [0.2, 0.25) is 11.8 Å². The van der Waals surface area contributed by atoms with Gasteiger partial charge in [-0.1, -0.05) is 84.9 Å². The van der Waals surface area contributed by atoms with E-state index in [0.717, 1.165) is 47.0 Å².